The summed E-state index contributed by atoms with van der Waals surface area (Å²) in [4.78, 5) is 25.5. The predicted molar refractivity (Wildman–Crippen MR) is 129 cm³/mol. The van der Waals surface area contributed by atoms with Gasteiger partial charge >= 0.3 is 5.97 Å². The topological polar surface area (TPSA) is 67.4 Å². The Morgan fingerprint density at radius 2 is 1.55 bits per heavy atom. The molecular formula is C28H26N2O3. The number of rotatable bonds is 3. The van der Waals surface area contributed by atoms with E-state index >= 15 is 0 Å². The Kier molecular flexibility index (Phi) is 5.47. The van der Waals surface area contributed by atoms with Gasteiger partial charge in [0.05, 0.1) is 30.1 Å². The van der Waals surface area contributed by atoms with Gasteiger partial charge in [-0.1, -0.05) is 54.1 Å². The van der Waals surface area contributed by atoms with E-state index in [0.717, 1.165) is 34.6 Å². The molecule has 1 aliphatic heterocycles. The van der Waals surface area contributed by atoms with Crippen LogP contribution in [0.1, 0.15) is 51.8 Å². The largest absolute Gasteiger partial charge is 0.465 e. The van der Waals surface area contributed by atoms with Crippen molar-refractivity contribution in [2.24, 2.45) is 0 Å². The van der Waals surface area contributed by atoms with Gasteiger partial charge in [-0.3, -0.25) is 4.79 Å². The molecule has 0 fully saturated rings. The minimum absolute atomic E-state index is 0.136. The molecule has 1 heterocycles. The van der Waals surface area contributed by atoms with Crippen LogP contribution in [0.3, 0.4) is 0 Å². The highest BCUT2D eigenvalue weighted by Crippen LogP contribution is 2.44. The molecule has 0 saturated carbocycles. The van der Waals surface area contributed by atoms with Gasteiger partial charge in [-0.25, -0.2) is 4.79 Å². The second-order valence-corrected chi connectivity index (χ2v) is 8.69. The highest BCUT2D eigenvalue weighted by atomic mass is 16.5. The maximum atomic E-state index is 13.6. The molecule has 2 atom stereocenters. The lowest BCUT2D eigenvalue weighted by molar-refractivity contribution is -0.116. The summed E-state index contributed by atoms with van der Waals surface area (Å²) in [7, 11) is 1.37. The van der Waals surface area contributed by atoms with Gasteiger partial charge in [-0.05, 0) is 54.7 Å². The number of ether oxygens (including phenoxy) is 1. The Hall–Kier alpha value is -3.86. The van der Waals surface area contributed by atoms with Gasteiger partial charge in [-0.2, -0.15) is 0 Å². The fraction of sp³-hybridized carbons (Fsp3) is 0.214. The fourth-order valence-corrected chi connectivity index (χ4v) is 4.75. The van der Waals surface area contributed by atoms with E-state index in [-0.39, 0.29) is 23.7 Å². The smallest absolute Gasteiger partial charge is 0.337 e. The number of benzene rings is 3. The second kappa shape index (κ2) is 8.58. The van der Waals surface area contributed by atoms with Gasteiger partial charge in [0, 0.05) is 17.7 Å². The number of hydrogen-bond donors (Lipinski definition) is 2. The normalized spacial score (nSPS) is 19.5. The van der Waals surface area contributed by atoms with Gasteiger partial charge in [0.15, 0.2) is 5.78 Å². The van der Waals surface area contributed by atoms with E-state index in [1.54, 1.807) is 12.1 Å². The van der Waals surface area contributed by atoms with Crippen LogP contribution in [0.5, 0.6) is 0 Å². The molecular weight excluding hydrogens is 412 g/mol. The van der Waals surface area contributed by atoms with Crippen molar-refractivity contribution in [1.82, 2.24) is 0 Å². The highest BCUT2D eigenvalue weighted by molar-refractivity contribution is 6.01. The van der Waals surface area contributed by atoms with Crippen molar-refractivity contribution in [2.75, 3.05) is 17.7 Å². The SMILES string of the molecule is COC(=O)c1ccc([C@H]2Nc3ccccc3NC3=C2C(=O)C[C@@H](c2ccc(C)cc2)C3)cc1. The first-order chi connectivity index (χ1) is 16.0. The van der Waals surface area contributed by atoms with E-state index in [4.69, 9.17) is 4.74 Å². The van der Waals surface area contributed by atoms with E-state index in [2.05, 4.69) is 41.8 Å². The quantitative estimate of drug-likeness (QED) is 0.509. The summed E-state index contributed by atoms with van der Waals surface area (Å²) in [6, 6.07) is 23.4. The number of Topliss-reactive ketones (excluding diaryl/α,β-unsaturated/α-hetero) is 1. The van der Waals surface area contributed by atoms with Crippen LogP contribution in [-0.2, 0) is 9.53 Å². The molecule has 3 aromatic rings. The number of esters is 1. The van der Waals surface area contributed by atoms with Gasteiger partial charge in [0.2, 0.25) is 0 Å². The number of nitrogens with one attached hydrogen (secondary N) is 2. The van der Waals surface area contributed by atoms with Crippen molar-refractivity contribution in [3.8, 4) is 0 Å². The molecule has 166 valence electrons. The van der Waals surface area contributed by atoms with Crippen LogP contribution in [0.2, 0.25) is 0 Å². The third-order valence-corrected chi connectivity index (χ3v) is 6.52. The Balaban J connectivity index is 1.57. The fourth-order valence-electron chi connectivity index (χ4n) is 4.75. The molecule has 0 aromatic heterocycles. The van der Waals surface area contributed by atoms with E-state index < -0.39 is 0 Å². The molecule has 1 aliphatic carbocycles. The van der Waals surface area contributed by atoms with Crippen molar-refractivity contribution in [2.45, 2.75) is 31.7 Å². The number of anilines is 2. The number of hydrogen-bond acceptors (Lipinski definition) is 5. The molecule has 33 heavy (non-hydrogen) atoms. The standard InChI is InChI=1S/C28H26N2O3/c1-17-7-9-18(10-8-17)21-15-24-26(25(31)16-21)27(30-23-6-4-3-5-22(23)29-24)19-11-13-20(14-12-19)28(32)33-2/h3-14,21,27,29-30H,15-16H2,1-2H3/t21-,27+/m0/s1. The number of carbonyl (C=O) groups is 2. The van der Waals surface area contributed by atoms with Crippen molar-refractivity contribution >= 4 is 23.1 Å². The molecule has 5 heteroatoms. The third kappa shape index (κ3) is 4.02. The average Bonchev–Trinajstić information content (AvgIpc) is 3.01. The van der Waals surface area contributed by atoms with Crippen molar-refractivity contribution in [3.05, 3.63) is 106 Å². The lowest BCUT2D eigenvalue weighted by Gasteiger charge is -2.30. The van der Waals surface area contributed by atoms with Crippen LogP contribution >= 0.6 is 0 Å². The van der Waals surface area contributed by atoms with E-state index in [1.165, 1.54) is 18.2 Å². The number of para-hydroxylation sites is 2. The zero-order valence-corrected chi connectivity index (χ0v) is 18.7. The maximum Gasteiger partial charge on any atom is 0.337 e. The Morgan fingerprint density at radius 3 is 2.24 bits per heavy atom. The van der Waals surface area contributed by atoms with Crippen LogP contribution in [-0.4, -0.2) is 18.9 Å². The predicted octanol–water partition coefficient (Wildman–Crippen LogP) is 5.76. The molecule has 2 N–H and O–H groups in total. The number of ketones is 1. The van der Waals surface area contributed by atoms with Crippen LogP contribution < -0.4 is 10.6 Å². The molecule has 5 nitrogen and oxygen atoms in total. The Labute approximate surface area is 193 Å². The molecule has 5 rings (SSSR count). The average molecular weight is 439 g/mol. The molecule has 0 unspecified atom stereocenters. The van der Waals surface area contributed by atoms with Crippen LogP contribution in [0, 0.1) is 6.92 Å². The molecule has 0 amide bonds. The van der Waals surface area contributed by atoms with E-state index in [0.29, 0.717) is 12.0 Å². The summed E-state index contributed by atoms with van der Waals surface area (Å²) in [5.41, 5.74) is 7.42. The first-order valence-electron chi connectivity index (χ1n) is 11.2. The first kappa shape index (κ1) is 21.0. The summed E-state index contributed by atoms with van der Waals surface area (Å²) in [5, 5.41) is 7.14. The van der Waals surface area contributed by atoms with Crippen LogP contribution in [0.4, 0.5) is 11.4 Å². The molecule has 0 radical (unpaired) electrons. The number of allylic oxidation sites excluding steroid dienone is 1. The number of carbonyl (C=O) groups excluding carboxylic acids is 2. The van der Waals surface area contributed by atoms with Crippen molar-refractivity contribution in [1.29, 1.82) is 0 Å². The molecule has 3 aromatic carbocycles. The molecule has 0 bridgehead atoms. The minimum atomic E-state index is -0.378. The molecule has 0 spiro atoms. The van der Waals surface area contributed by atoms with Crippen molar-refractivity contribution in [3.63, 3.8) is 0 Å². The maximum absolute atomic E-state index is 13.6. The summed E-state index contributed by atoms with van der Waals surface area (Å²) in [6.45, 7) is 2.07. The first-order valence-corrected chi connectivity index (χ1v) is 11.2. The lowest BCUT2D eigenvalue weighted by Crippen LogP contribution is -2.26. The van der Waals surface area contributed by atoms with Crippen LogP contribution in [0.25, 0.3) is 0 Å². The van der Waals surface area contributed by atoms with Crippen LogP contribution in [0.15, 0.2) is 84.1 Å². The summed E-state index contributed by atoms with van der Waals surface area (Å²) in [5.74, 6) is -0.106. The van der Waals surface area contributed by atoms with Gasteiger partial charge in [0.1, 0.15) is 0 Å². The minimum Gasteiger partial charge on any atom is -0.465 e. The summed E-state index contributed by atoms with van der Waals surface area (Å²) >= 11 is 0. The summed E-state index contributed by atoms with van der Waals surface area (Å²) < 4.78 is 4.82. The second-order valence-electron chi connectivity index (χ2n) is 8.69. The summed E-state index contributed by atoms with van der Waals surface area (Å²) in [6.07, 6.45) is 1.23. The van der Waals surface area contributed by atoms with E-state index in [1.807, 2.05) is 36.4 Å². The monoisotopic (exact) mass is 438 g/mol. The van der Waals surface area contributed by atoms with Crippen molar-refractivity contribution < 1.29 is 14.3 Å². The zero-order valence-electron chi connectivity index (χ0n) is 18.7. The Bertz CT molecular complexity index is 1240. The van der Waals surface area contributed by atoms with Gasteiger partial charge < -0.3 is 15.4 Å². The molecule has 0 saturated heterocycles. The number of fused-ring (bicyclic) bond motifs is 1. The highest BCUT2D eigenvalue weighted by Gasteiger charge is 2.36. The zero-order chi connectivity index (χ0) is 22.9. The molecule has 2 aliphatic rings. The Morgan fingerprint density at radius 1 is 0.879 bits per heavy atom. The van der Waals surface area contributed by atoms with Gasteiger partial charge in [-0.15, -0.1) is 0 Å². The third-order valence-electron chi connectivity index (χ3n) is 6.52. The number of aryl methyl sites for hydroxylation is 1. The van der Waals surface area contributed by atoms with E-state index in [9.17, 15) is 9.59 Å². The lowest BCUT2D eigenvalue weighted by atomic mass is 9.78. The van der Waals surface area contributed by atoms with Gasteiger partial charge in [0.25, 0.3) is 0 Å². The number of methoxy groups -OCH3 is 1.